The van der Waals surface area contributed by atoms with E-state index in [-0.39, 0.29) is 12.0 Å². The summed E-state index contributed by atoms with van der Waals surface area (Å²) < 4.78 is 16.4. The van der Waals surface area contributed by atoms with Crippen molar-refractivity contribution >= 4 is 5.91 Å². The smallest absolute Gasteiger partial charge is 0.251 e. The van der Waals surface area contributed by atoms with Gasteiger partial charge in [-0.3, -0.25) is 4.79 Å². The van der Waals surface area contributed by atoms with E-state index in [0.717, 1.165) is 17.5 Å². The molecule has 0 heterocycles. The van der Waals surface area contributed by atoms with E-state index in [1.54, 1.807) is 26.4 Å². The first-order valence-corrected chi connectivity index (χ1v) is 8.74. The first kappa shape index (κ1) is 19.8. The summed E-state index contributed by atoms with van der Waals surface area (Å²) in [4.78, 5) is 12.3. The van der Waals surface area contributed by atoms with Gasteiger partial charge in [-0.15, -0.1) is 0 Å². The van der Waals surface area contributed by atoms with Crippen LogP contribution in [0.4, 0.5) is 0 Å². The van der Waals surface area contributed by atoms with Crippen molar-refractivity contribution in [2.75, 3.05) is 27.4 Å². The minimum Gasteiger partial charge on any atom is -0.496 e. The summed E-state index contributed by atoms with van der Waals surface area (Å²) in [6, 6.07) is 13.5. The zero-order valence-electron chi connectivity index (χ0n) is 15.9. The maximum absolute atomic E-state index is 12.3. The van der Waals surface area contributed by atoms with E-state index in [2.05, 4.69) is 5.32 Å². The minimum absolute atomic E-state index is 0.0394. The van der Waals surface area contributed by atoms with Crippen molar-refractivity contribution in [1.82, 2.24) is 5.32 Å². The molecule has 0 aliphatic heterocycles. The van der Waals surface area contributed by atoms with Crippen molar-refractivity contribution in [3.05, 3.63) is 59.2 Å². The molecule has 0 bridgehead atoms. The number of nitrogens with one attached hydrogen (secondary N) is 1. The average molecular weight is 357 g/mol. The normalized spacial score (nSPS) is 11.7. The van der Waals surface area contributed by atoms with Gasteiger partial charge in [-0.25, -0.2) is 0 Å². The molecule has 5 heteroatoms. The van der Waals surface area contributed by atoms with Crippen molar-refractivity contribution in [2.24, 2.45) is 0 Å². The summed E-state index contributed by atoms with van der Waals surface area (Å²) >= 11 is 0. The lowest BCUT2D eigenvalue weighted by molar-refractivity contribution is 0.0635. The molecular weight excluding hydrogens is 330 g/mol. The van der Waals surface area contributed by atoms with Crippen LogP contribution >= 0.6 is 0 Å². The van der Waals surface area contributed by atoms with Gasteiger partial charge in [0.2, 0.25) is 0 Å². The van der Waals surface area contributed by atoms with Crippen molar-refractivity contribution < 1.29 is 19.0 Å². The fraction of sp³-hybridized carbons (Fsp3) is 0.381. The number of amides is 1. The van der Waals surface area contributed by atoms with Crippen molar-refractivity contribution in [3.63, 3.8) is 0 Å². The van der Waals surface area contributed by atoms with Crippen LogP contribution in [0.1, 0.15) is 40.9 Å². The summed E-state index contributed by atoms with van der Waals surface area (Å²) in [5.74, 6) is 1.11. The molecule has 140 valence electrons. The molecule has 2 aromatic rings. The number of ether oxygens (including phenoxy) is 3. The van der Waals surface area contributed by atoms with E-state index in [0.29, 0.717) is 30.2 Å². The van der Waals surface area contributed by atoms with Crippen LogP contribution in [0.2, 0.25) is 0 Å². The number of hydrogen-bond acceptors (Lipinski definition) is 4. The molecule has 1 atom stereocenters. The highest BCUT2D eigenvalue weighted by atomic mass is 16.5. The Morgan fingerprint density at radius 2 is 1.69 bits per heavy atom. The van der Waals surface area contributed by atoms with E-state index >= 15 is 0 Å². The number of carbonyl (C=O) groups excluding carboxylic acids is 1. The Morgan fingerprint density at radius 3 is 2.27 bits per heavy atom. The van der Waals surface area contributed by atoms with Gasteiger partial charge in [-0.1, -0.05) is 30.3 Å². The molecule has 1 unspecified atom stereocenters. The predicted molar refractivity (Wildman–Crippen MR) is 102 cm³/mol. The number of benzene rings is 2. The molecule has 0 fully saturated rings. The zero-order chi connectivity index (χ0) is 18.9. The van der Waals surface area contributed by atoms with Crippen LogP contribution < -0.4 is 14.8 Å². The third-order valence-electron chi connectivity index (χ3n) is 4.26. The molecule has 1 N–H and O–H groups in total. The average Bonchev–Trinajstić information content (AvgIpc) is 2.68. The van der Waals surface area contributed by atoms with Crippen LogP contribution in [0.5, 0.6) is 11.5 Å². The van der Waals surface area contributed by atoms with Crippen molar-refractivity contribution in [1.29, 1.82) is 0 Å². The second-order valence-corrected chi connectivity index (χ2v) is 6.04. The van der Waals surface area contributed by atoms with E-state index < -0.39 is 0 Å². The fourth-order valence-electron chi connectivity index (χ4n) is 2.67. The Hall–Kier alpha value is -2.53. The van der Waals surface area contributed by atoms with Gasteiger partial charge < -0.3 is 19.5 Å². The second kappa shape index (κ2) is 9.82. The van der Waals surface area contributed by atoms with E-state index in [9.17, 15) is 4.79 Å². The lowest BCUT2D eigenvalue weighted by Gasteiger charge is -2.14. The Balaban J connectivity index is 1.80. The maximum atomic E-state index is 12.3. The molecule has 0 aromatic heterocycles. The Labute approximate surface area is 155 Å². The van der Waals surface area contributed by atoms with Crippen molar-refractivity contribution in [3.8, 4) is 11.5 Å². The Bertz CT molecular complexity index is 690. The Kier molecular flexibility index (Phi) is 7.48. The van der Waals surface area contributed by atoms with Crippen LogP contribution in [0.25, 0.3) is 0 Å². The molecule has 5 nitrogen and oxygen atoms in total. The summed E-state index contributed by atoms with van der Waals surface area (Å²) in [6.45, 7) is 5.04. The lowest BCUT2D eigenvalue weighted by atomic mass is 10.1. The van der Waals surface area contributed by atoms with Crippen LogP contribution in [0, 0.1) is 6.92 Å². The number of carbonyl (C=O) groups is 1. The molecule has 2 rings (SSSR count). The molecule has 2 aromatic carbocycles. The SMILES string of the molecule is COc1cc(C(=O)NCCCOC(C)c2ccccc2)cc(OC)c1C. The van der Waals surface area contributed by atoms with Gasteiger partial charge in [0.25, 0.3) is 5.91 Å². The van der Waals surface area contributed by atoms with Crippen molar-refractivity contribution in [2.45, 2.75) is 26.4 Å². The minimum atomic E-state index is -0.155. The lowest BCUT2D eigenvalue weighted by Crippen LogP contribution is -2.25. The van der Waals surface area contributed by atoms with Crippen LogP contribution in [0.3, 0.4) is 0 Å². The summed E-state index contributed by atoms with van der Waals surface area (Å²) in [5, 5.41) is 2.90. The molecule has 0 saturated carbocycles. The molecule has 0 aliphatic rings. The first-order valence-electron chi connectivity index (χ1n) is 8.74. The number of methoxy groups -OCH3 is 2. The molecule has 0 saturated heterocycles. The zero-order valence-corrected chi connectivity index (χ0v) is 15.9. The van der Waals surface area contributed by atoms with Gasteiger partial charge in [-0.2, -0.15) is 0 Å². The van der Waals surface area contributed by atoms with Crippen LogP contribution in [-0.4, -0.2) is 33.3 Å². The maximum Gasteiger partial charge on any atom is 0.251 e. The molecule has 0 radical (unpaired) electrons. The summed E-state index contributed by atoms with van der Waals surface area (Å²) in [6.07, 6.45) is 0.779. The van der Waals surface area contributed by atoms with E-state index in [1.165, 1.54) is 0 Å². The predicted octanol–water partition coefficient (Wildman–Crippen LogP) is 3.91. The number of hydrogen-bond donors (Lipinski definition) is 1. The third kappa shape index (κ3) is 5.23. The summed E-state index contributed by atoms with van der Waals surface area (Å²) in [7, 11) is 3.16. The molecule has 1 amide bonds. The second-order valence-electron chi connectivity index (χ2n) is 6.04. The Morgan fingerprint density at radius 1 is 1.08 bits per heavy atom. The van der Waals surface area contributed by atoms with E-state index in [1.807, 2.05) is 44.2 Å². The summed E-state index contributed by atoms with van der Waals surface area (Å²) in [5.41, 5.74) is 2.54. The quantitative estimate of drug-likeness (QED) is 0.691. The molecular formula is C21H27NO4. The molecule has 26 heavy (non-hydrogen) atoms. The van der Waals surface area contributed by atoms with Gasteiger partial charge >= 0.3 is 0 Å². The highest BCUT2D eigenvalue weighted by Crippen LogP contribution is 2.29. The topological polar surface area (TPSA) is 56.8 Å². The standard InChI is InChI=1S/C21H27NO4/c1-15-19(24-3)13-18(14-20(15)25-4)21(23)22-11-8-12-26-16(2)17-9-6-5-7-10-17/h5-7,9-10,13-14,16H,8,11-12H2,1-4H3,(H,22,23). The monoisotopic (exact) mass is 357 g/mol. The van der Waals surface area contributed by atoms with Gasteiger partial charge in [0.05, 0.1) is 20.3 Å². The highest BCUT2D eigenvalue weighted by Gasteiger charge is 2.13. The molecule has 0 aliphatic carbocycles. The van der Waals surface area contributed by atoms with Crippen LogP contribution in [0.15, 0.2) is 42.5 Å². The molecule has 0 spiro atoms. The first-order chi connectivity index (χ1) is 12.6. The van der Waals surface area contributed by atoms with Gasteiger partial charge in [-0.05, 0) is 38.0 Å². The largest absolute Gasteiger partial charge is 0.496 e. The van der Waals surface area contributed by atoms with Gasteiger partial charge in [0, 0.05) is 24.3 Å². The fourth-order valence-corrected chi connectivity index (χ4v) is 2.67. The number of rotatable bonds is 9. The highest BCUT2D eigenvalue weighted by molar-refractivity contribution is 5.95. The van der Waals surface area contributed by atoms with Gasteiger partial charge in [0.15, 0.2) is 0 Å². The van der Waals surface area contributed by atoms with Crippen LogP contribution in [-0.2, 0) is 4.74 Å². The van der Waals surface area contributed by atoms with E-state index in [4.69, 9.17) is 14.2 Å². The van der Waals surface area contributed by atoms with Gasteiger partial charge in [0.1, 0.15) is 11.5 Å². The third-order valence-corrected chi connectivity index (χ3v) is 4.26.